The van der Waals surface area contributed by atoms with Crippen molar-refractivity contribution in [1.29, 1.82) is 0 Å². The second-order valence-corrected chi connectivity index (χ2v) is 10.1. The molecule has 0 bridgehead atoms. The van der Waals surface area contributed by atoms with Crippen molar-refractivity contribution in [3.63, 3.8) is 0 Å². The minimum atomic E-state index is -3.83. The molecule has 1 atom stereocenters. The Morgan fingerprint density at radius 1 is 1.13 bits per heavy atom. The summed E-state index contributed by atoms with van der Waals surface area (Å²) in [4.78, 5) is 14.8. The van der Waals surface area contributed by atoms with Crippen LogP contribution in [0.25, 0.3) is 10.9 Å². The van der Waals surface area contributed by atoms with E-state index in [0.717, 1.165) is 36.8 Å². The van der Waals surface area contributed by atoms with Crippen LogP contribution in [0.3, 0.4) is 0 Å². The van der Waals surface area contributed by atoms with Gasteiger partial charge in [-0.3, -0.25) is 4.79 Å². The number of hydrogen-bond donors (Lipinski definition) is 0. The first-order chi connectivity index (χ1) is 14.9. The van der Waals surface area contributed by atoms with Gasteiger partial charge in [-0.2, -0.15) is 0 Å². The van der Waals surface area contributed by atoms with Crippen molar-refractivity contribution in [2.45, 2.75) is 50.1 Å². The minimum absolute atomic E-state index is 0.116. The molecule has 164 valence electrons. The number of halogens is 1. The number of benzene rings is 2. The first-order valence-electron chi connectivity index (χ1n) is 10.7. The molecule has 0 N–H and O–H groups in total. The lowest BCUT2D eigenvalue weighted by Gasteiger charge is -2.35. The summed E-state index contributed by atoms with van der Waals surface area (Å²) in [6.45, 7) is 2.99. The number of carbonyl (C=O) groups excluding carboxylic acids is 1. The second kappa shape index (κ2) is 8.83. The van der Waals surface area contributed by atoms with Gasteiger partial charge in [0.1, 0.15) is 11.6 Å². The van der Waals surface area contributed by atoms with Crippen LogP contribution in [0.2, 0.25) is 0 Å². The normalized spacial score (nSPS) is 17.2. The molecule has 2 aromatic carbocycles. The summed E-state index contributed by atoms with van der Waals surface area (Å²) in [5.41, 5.74) is 1.47. The molecule has 7 heteroatoms. The number of piperidine rings is 1. The number of nitrogens with zero attached hydrogens (tertiary/aromatic N) is 2. The third kappa shape index (κ3) is 4.51. The van der Waals surface area contributed by atoms with E-state index in [0.29, 0.717) is 18.5 Å². The molecule has 5 nitrogen and oxygen atoms in total. The summed E-state index contributed by atoms with van der Waals surface area (Å²) in [7, 11) is -3.83. The SMILES string of the molecule is CCC1CCCCN1C(=O)CS(=O)(=O)c1cn(Cc2cccc(F)c2)c2ccccc12. The van der Waals surface area contributed by atoms with Crippen molar-refractivity contribution >= 4 is 26.6 Å². The molecule has 0 saturated carbocycles. The van der Waals surface area contributed by atoms with Crippen LogP contribution >= 0.6 is 0 Å². The van der Waals surface area contributed by atoms with Crippen LogP contribution in [0.5, 0.6) is 0 Å². The average molecular weight is 443 g/mol. The monoisotopic (exact) mass is 442 g/mol. The Kier molecular flexibility index (Phi) is 6.14. The number of amides is 1. The highest BCUT2D eigenvalue weighted by Gasteiger charge is 2.31. The van der Waals surface area contributed by atoms with Crippen molar-refractivity contribution in [2.24, 2.45) is 0 Å². The van der Waals surface area contributed by atoms with Gasteiger partial charge in [-0.1, -0.05) is 37.3 Å². The zero-order valence-electron chi connectivity index (χ0n) is 17.6. The summed E-state index contributed by atoms with van der Waals surface area (Å²) >= 11 is 0. The van der Waals surface area contributed by atoms with E-state index in [-0.39, 0.29) is 22.7 Å². The molecule has 2 heterocycles. The average Bonchev–Trinajstić information content (AvgIpc) is 3.13. The van der Waals surface area contributed by atoms with Crippen LogP contribution < -0.4 is 0 Å². The maximum Gasteiger partial charge on any atom is 0.238 e. The number of likely N-dealkylation sites (tertiary alicyclic amines) is 1. The first kappa shape index (κ1) is 21.6. The second-order valence-electron chi connectivity index (χ2n) is 8.17. The summed E-state index contributed by atoms with van der Waals surface area (Å²) in [5, 5.41) is 0.581. The fourth-order valence-electron chi connectivity index (χ4n) is 4.50. The lowest BCUT2D eigenvalue weighted by atomic mass is 10.0. The highest BCUT2D eigenvalue weighted by Crippen LogP contribution is 2.28. The zero-order valence-corrected chi connectivity index (χ0v) is 18.4. The standard InChI is InChI=1S/C24H27FN2O3S/c1-2-20-10-5-6-13-27(20)24(28)17-31(29,30)23-16-26(22-12-4-3-11-21(22)23)15-18-8-7-9-19(25)14-18/h3-4,7-9,11-12,14,16,20H,2,5-6,10,13,15,17H2,1H3. The first-order valence-corrected chi connectivity index (χ1v) is 12.4. The topological polar surface area (TPSA) is 59.4 Å². The number of fused-ring (bicyclic) bond motifs is 1. The fourth-order valence-corrected chi connectivity index (χ4v) is 5.94. The molecule has 1 aliphatic heterocycles. The van der Waals surface area contributed by atoms with Crippen LogP contribution in [-0.2, 0) is 21.2 Å². The predicted octanol–water partition coefficient (Wildman–Crippen LogP) is 4.39. The van der Waals surface area contributed by atoms with Crippen molar-refractivity contribution in [3.05, 3.63) is 66.1 Å². The smallest absolute Gasteiger partial charge is 0.238 e. The van der Waals surface area contributed by atoms with Gasteiger partial charge in [0, 0.05) is 36.2 Å². The van der Waals surface area contributed by atoms with Gasteiger partial charge in [-0.05, 0) is 49.4 Å². The van der Waals surface area contributed by atoms with E-state index in [1.54, 1.807) is 39.9 Å². The largest absolute Gasteiger partial charge is 0.342 e. The number of para-hydroxylation sites is 1. The lowest BCUT2D eigenvalue weighted by Crippen LogP contribution is -2.45. The van der Waals surface area contributed by atoms with E-state index in [1.165, 1.54) is 12.1 Å². The van der Waals surface area contributed by atoms with Crippen LogP contribution in [0.4, 0.5) is 4.39 Å². The summed E-state index contributed by atoms with van der Waals surface area (Å²) in [5.74, 6) is -1.19. The predicted molar refractivity (Wildman–Crippen MR) is 119 cm³/mol. The molecule has 1 amide bonds. The third-order valence-electron chi connectivity index (χ3n) is 6.06. The Hall–Kier alpha value is -2.67. The van der Waals surface area contributed by atoms with Crippen molar-refractivity contribution in [3.8, 4) is 0 Å². The summed E-state index contributed by atoms with van der Waals surface area (Å²) < 4.78 is 42.0. The van der Waals surface area contributed by atoms with Gasteiger partial charge in [0.15, 0.2) is 9.84 Å². The minimum Gasteiger partial charge on any atom is -0.342 e. The molecule has 1 unspecified atom stereocenters. The maximum atomic E-state index is 13.6. The Balaban J connectivity index is 1.66. The maximum absolute atomic E-state index is 13.6. The third-order valence-corrected chi connectivity index (χ3v) is 7.68. The van der Waals surface area contributed by atoms with E-state index in [2.05, 4.69) is 0 Å². The molecule has 31 heavy (non-hydrogen) atoms. The molecule has 1 aromatic heterocycles. The van der Waals surface area contributed by atoms with Gasteiger partial charge in [0.25, 0.3) is 0 Å². The van der Waals surface area contributed by atoms with E-state index in [9.17, 15) is 17.6 Å². The highest BCUT2D eigenvalue weighted by atomic mass is 32.2. The quantitative estimate of drug-likeness (QED) is 0.569. The van der Waals surface area contributed by atoms with Gasteiger partial charge in [0.05, 0.1) is 4.90 Å². The molecule has 3 aromatic rings. The number of aromatic nitrogens is 1. The molecule has 0 radical (unpaired) electrons. The van der Waals surface area contributed by atoms with Gasteiger partial charge in [0.2, 0.25) is 5.91 Å². The fraction of sp³-hybridized carbons (Fsp3) is 0.375. The molecule has 1 saturated heterocycles. The van der Waals surface area contributed by atoms with Crippen molar-refractivity contribution in [1.82, 2.24) is 9.47 Å². The molecule has 4 rings (SSSR count). The Morgan fingerprint density at radius 3 is 2.71 bits per heavy atom. The van der Waals surface area contributed by atoms with Crippen molar-refractivity contribution < 1.29 is 17.6 Å². The van der Waals surface area contributed by atoms with Crippen LogP contribution in [0.1, 0.15) is 38.2 Å². The zero-order chi connectivity index (χ0) is 22.0. The Bertz CT molecular complexity index is 1200. The van der Waals surface area contributed by atoms with Crippen LogP contribution in [0, 0.1) is 5.82 Å². The van der Waals surface area contributed by atoms with E-state index in [4.69, 9.17) is 0 Å². The van der Waals surface area contributed by atoms with E-state index in [1.807, 2.05) is 19.1 Å². The highest BCUT2D eigenvalue weighted by molar-refractivity contribution is 7.92. The van der Waals surface area contributed by atoms with Gasteiger partial charge in [-0.25, -0.2) is 12.8 Å². The number of sulfone groups is 1. The summed E-state index contributed by atoms with van der Waals surface area (Å²) in [6.07, 6.45) is 5.32. The van der Waals surface area contributed by atoms with Crippen LogP contribution in [-0.4, -0.2) is 42.1 Å². The molecule has 0 aliphatic carbocycles. The van der Waals surface area contributed by atoms with Gasteiger partial charge in [-0.15, -0.1) is 0 Å². The number of hydrogen-bond acceptors (Lipinski definition) is 3. The van der Waals surface area contributed by atoms with Gasteiger partial charge >= 0.3 is 0 Å². The van der Waals surface area contributed by atoms with E-state index >= 15 is 0 Å². The Morgan fingerprint density at radius 2 is 1.94 bits per heavy atom. The lowest BCUT2D eigenvalue weighted by molar-refractivity contribution is -0.132. The van der Waals surface area contributed by atoms with Crippen molar-refractivity contribution in [2.75, 3.05) is 12.3 Å². The molecule has 1 aliphatic rings. The molecule has 1 fully saturated rings. The Labute approximate surface area is 182 Å². The summed E-state index contributed by atoms with van der Waals surface area (Å²) in [6, 6.07) is 13.6. The van der Waals surface area contributed by atoms with E-state index < -0.39 is 15.6 Å². The van der Waals surface area contributed by atoms with Gasteiger partial charge < -0.3 is 9.47 Å². The molecular weight excluding hydrogens is 415 g/mol. The molecule has 0 spiro atoms. The van der Waals surface area contributed by atoms with Crippen LogP contribution in [0.15, 0.2) is 59.6 Å². The number of rotatable bonds is 6. The molecular formula is C24H27FN2O3S. The number of carbonyl (C=O) groups is 1.